The zero-order valence-electron chi connectivity index (χ0n) is 21.8. The van der Waals surface area contributed by atoms with Gasteiger partial charge < -0.3 is 19.1 Å². The van der Waals surface area contributed by atoms with Crippen molar-refractivity contribution in [1.29, 1.82) is 5.26 Å². The summed E-state index contributed by atoms with van der Waals surface area (Å²) in [6, 6.07) is 13.9. The first-order valence-corrected chi connectivity index (χ1v) is 12.5. The van der Waals surface area contributed by atoms with E-state index in [-0.39, 0.29) is 18.0 Å². The Balaban J connectivity index is 1.62. The number of pyridine rings is 2. The molecule has 1 aromatic carbocycles. The zero-order valence-corrected chi connectivity index (χ0v) is 21.8. The second kappa shape index (κ2) is 9.78. The Bertz CT molecular complexity index is 1550. The van der Waals surface area contributed by atoms with Crippen molar-refractivity contribution >= 4 is 22.8 Å². The van der Waals surface area contributed by atoms with Gasteiger partial charge in [-0.1, -0.05) is 18.2 Å². The maximum absolute atomic E-state index is 15.1. The molecule has 1 aliphatic heterocycles. The van der Waals surface area contributed by atoms with E-state index < -0.39 is 5.60 Å². The number of carbonyl (C=O) groups excluding carboxylic acids is 1. The van der Waals surface area contributed by atoms with E-state index in [9.17, 15) is 10.1 Å². The summed E-state index contributed by atoms with van der Waals surface area (Å²) >= 11 is 0. The summed E-state index contributed by atoms with van der Waals surface area (Å²) in [7, 11) is 0. The molecule has 0 spiro atoms. The van der Waals surface area contributed by atoms with Crippen LogP contribution in [0.2, 0.25) is 0 Å². The predicted molar refractivity (Wildman–Crippen MR) is 144 cm³/mol. The monoisotopic (exact) mass is 512 g/mol. The maximum atomic E-state index is 15.1. The van der Waals surface area contributed by atoms with Gasteiger partial charge in [0.1, 0.15) is 23.1 Å². The second-order valence-electron chi connectivity index (χ2n) is 10.4. The molecule has 8 nitrogen and oxygen atoms in total. The highest BCUT2D eigenvalue weighted by Crippen LogP contribution is 2.39. The van der Waals surface area contributed by atoms with Gasteiger partial charge in [0.15, 0.2) is 0 Å². The van der Waals surface area contributed by atoms with Crippen LogP contribution in [0.4, 0.5) is 15.0 Å². The summed E-state index contributed by atoms with van der Waals surface area (Å²) in [5.41, 5.74) is 1.82. The first-order valence-electron chi connectivity index (χ1n) is 12.5. The smallest absolute Gasteiger partial charge is 0.410 e. The standard InChI is InChI=1S/C29H29FN6O2/c1-19-17-34(28(37)38-29(2,3)4)13-14-35(19)27-26-22(21-7-5-6-8-23(21)30)18-36(24(26)10-12-33-27)25-15-20(16-31)9-11-32-25/h5-12,15,18-19H,13-14,17H2,1-4H3/t19-/m0/s1. The van der Waals surface area contributed by atoms with Crippen molar-refractivity contribution in [3.63, 3.8) is 0 Å². The van der Waals surface area contributed by atoms with Crippen LogP contribution in [0.5, 0.6) is 0 Å². The Morgan fingerprint density at radius 1 is 1.11 bits per heavy atom. The molecule has 0 unspecified atom stereocenters. The van der Waals surface area contributed by atoms with Crippen molar-refractivity contribution in [2.24, 2.45) is 0 Å². The normalized spacial score (nSPS) is 15.9. The largest absolute Gasteiger partial charge is 0.444 e. The summed E-state index contributed by atoms with van der Waals surface area (Å²) < 4.78 is 22.5. The Morgan fingerprint density at radius 3 is 2.58 bits per heavy atom. The lowest BCUT2D eigenvalue weighted by Crippen LogP contribution is -2.54. The van der Waals surface area contributed by atoms with E-state index in [1.807, 2.05) is 44.5 Å². The van der Waals surface area contributed by atoms with E-state index in [0.717, 1.165) is 10.9 Å². The molecule has 0 aliphatic carbocycles. The number of amides is 1. The number of anilines is 1. The number of hydrogen-bond acceptors (Lipinski definition) is 6. The zero-order chi connectivity index (χ0) is 27.0. The number of nitriles is 1. The van der Waals surface area contributed by atoms with Gasteiger partial charge >= 0.3 is 6.09 Å². The molecular formula is C29H29FN6O2. The number of carbonyl (C=O) groups is 1. The van der Waals surface area contributed by atoms with Gasteiger partial charge in [0.2, 0.25) is 0 Å². The number of benzene rings is 1. The number of hydrogen-bond donors (Lipinski definition) is 0. The van der Waals surface area contributed by atoms with Gasteiger partial charge in [-0.05, 0) is 52.0 Å². The van der Waals surface area contributed by atoms with Crippen molar-refractivity contribution in [1.82, 2.24) is 19.4 Å². The first kappa shape index (κ1) is 25.2. The van der Waals surface area contributed by atoms with Crippen LogP contribution in [0.3, 0.4) is 0 Å². The molecule has 9 heteroatoms. The van der Waals surface area contributed by atoms with Gasteiger partial charge in [-0.15, -0.1) is 0 Å². The molecule has 38 heavy (non-hydrogen) atoms. The molecule has 1 atom stereocenters. The molecule has 0 N–H and O–H groups in total. The Labute approximate surface area is 220 Å². The highest BCUT2D eigenvalue weighted by Gasteiger charge is 2.32. The Morgan fingerprint density at radius 2 is 1.87 bits per heavy atom. The average molecular weight is 513 g/mol. The summed E-state index contributed by atoms with van der Waals surface area (Å²) in [5.74, 6) is 0.909. The molecule has 194 valence electrons. The minimum atomic E-state index is -0.570. The third-order valence-corrected chi connectivity index (χ3v) is 6.53. The molecule has 1 amide bonds. The van der Waals surface area contributed by atoms with Gasteiger partial charge in [0, 0.05) is 55.4 Å². The minimum Gasteiger partial charge on any atom is -0.444 e. The molecule has 4 aromatic rings. The van der Waals surface area contributed by atoms with Gasteiger partial charge in [0.05, 0.1) is 22.5 Å². The van der Waals surface area contributed by atoms with E-state index in [4.69, 9.17) is 9.72 Å². The number of nitrogens with zero attached hydrogens (tertiary/aromatic N) is 6. The molecule has 1 fully saturated rings. The number of rotatable bonds is 3. The van der Waals surface area contributed by atoms with Gasteiger partial charge in [-0.2, -0.15) is 5.26 Å². The quantitative estimate of drug-likeness (QED) is 0.358. The van der Waals surface area contributed by atoms with E-state index in [1.54, 1.807) is 47.6 Å². The van der Waals surface area contributed by atoms with E-state index >= 15 is 4.39 Å². The average Bonchev–Trinajstić information content (AvgIpc) is 3.28. The van der Waals surface area contributed by atoms with Crippen molar-refractivity contribution in [2.75, 3.05) is 24.5 Å². The van der Waals surface area contributed by atoms with Gasteiger partial charge in [-0.25, -0.2) is 19.2 Å². The van der Waals surface area contributed by atoms with Crippen LogP contribution in [0.25, 0.3) is 27.8 Å². The fourth-order valence-corrected chi connectivity index (χ4v) is 4.84. The number of ether oxygens (including phenoxy) is 1. The highest BCUT2D eigenvalue weighted by atomic mass is 19.1. The molecule has 1 saturated heterocycles. The third-order valence-electron chi connectivity index (χ3n) is 6.53. The predicted octanol–water partition coefficient (Wildman–Crippen LogP) is 5.54. The molecule has 0 radical (unpaired) electrons. The second-order valence-corrected chi connectivity index (χ2v) is 10.4. The maximum Gasteiger partial charge on any atom is 0.410 e. The van der Waals surface area contributed by atoms with Crippen molar-refractivity contribution in [3.8, 4) is 23.0 Å². The Hall–Kier alpha value is -4.45. The lowest BCUT2D eigenvalue weighted by atomic mass is 10.0. The summed E-state index contributed by atoms with van der Waals surface area (Å²) in [4.78, 5) is 25.8. The van der Waals surface area contributed by atoms with Crippen LogP contribution >= 0.6 is 0 Å². The minimum absolute atomic E-state index is 0.0637. The summed E-state index contributed by atoms with van der Waals surface area (Å²) in [6.45, 7) is 9.07. The molecular weight excluding hydrogens is 483 g/mol. The van der Waals surface area contributed by atoms with Crippen LogP contribution < -0.4 is 4.90 Å². The molecule has 0 bridgehead atoms. The number of halogens is 1. The van der Waals surface area contributed by atoms with E-state index in [1.165, 1.54) is 6.07 Å². The third kappa shape index (κ3) is 4.77. The van der Waals surface area contributed by atoms with Crippen LogP contribution in [0.15, 0.2) is 61.1 Å². The van der Waals surface area contributed by atoms with E-state index in [0.29, 0.717) is 48.0 Å². The lowest BCUT2D eigenvalue weighted by molar-refractivity contribution is 0.0218. The van der Waals surface area contributed by atoms with E-state index in [2.05, 4.69) is 16.0 Å². The molecule has 0 saturated carbocycles. The molecule has 1 aliphatic rings. The van der Waals surface area contributed by atoms with Crippen LogP contribution in [-0.2, 0) is 4.74 Å². The number of piperazine rings is 1. The van der Waals surface area contributed by atoms with Crippen LogP contribution in [0, 0.1) is 17.1 Å². The number of aromatic nitrogens is 3. The van der Waals surface area contributed by atoms with Crippen molar-refractivity contribution < 1.29 is 13.9 Å². The SMILES string of the molecule is C[C@H]1CN(C(=O)OC(C)(C)C)CCN1c1nccc2c1c(-c1ccccc1F)cn2-c1cc(C#N)ccn1. The number of fused-ring (bicyclic) bond motifs is 1. The molecule has 3 aromatic heterocycles. The topological polar surface area (TPSA) is 87.3 Å². The van der Waals surface area contributed by atoms with Crippen molar-refractivity contribution in [2.45, 2.75) is 39.3 Å². The Kier molecular flexibility index (Phi) is 6.49. The van der Waals surface area contributed by atoms with Crippen molar-refractivity contribution in [3.05, 3.63) is 72.4 Å². The van der Waals surface area contributed by atoms with Gasteiger partial charge in [-0.3, -0.25) is 0 Å². The van der Waals surface area contributed by atoms with Crippen LogP contribution in [-0.4, -0.2) is 56.8 Å². The lowest BCUT2D eigenvalue weighted by Gasteiger charge is -2.41. The first-order chi connectivity index (χ1) is 18.2. The molecule has 4 heterocycles. The van der Waals surface area contributed by atoms with Crippen LogP contribution in [0.1, 0.15) is 33.3 Å². The summed E-state index contributed by atoms with van der Waals surface area (Å²) in [5, 5.41) is 10.2. The fraction of sp³-hybridized carbons (Fsp3) is 0.310. The highest BCUT2D eigenvalue weighted by molar-refractivity contribution is 6.04. The molecule has 5 rings (SSSR count). The fourth-order valence-electron chi connectivity index (χ4n) is 4.84. The van der Waals surface area contributed by atoms with Gasteiger partial charge in [0.25, 0.3) is 0 Å². The summed E-state index contributed by atoms with van der Waals surface area (Å²) in [6.07, 6.45) is 4.82.